The van der Waals surface area contributed by atoms with Gasteiger partial charge in [0.2, 0.25) is 5.88 Å². The van der Waals surface area contributed by atoms with Crippen molar-refractivity contribution < 1.29 is 37.3 Å². The summed E-state index contributed by atoms with van der Waals surface area (Å²) in [6.07, 6.45) is -2.42. The van der Waals surface area contributed by atoms with Crippen LogP contribution in [0.15, 0.2) is 66.9 Å². The molecule has 41 heavy (non-hydrogen) atoms. The number of nitrogens with zero attached hydrogens (tertiary/aromatic N) is 2. The van der Waals surface area contributed by atoms with E-state index in [0.717, 1.165) is 50.7 Å². The number of ether oxygens (including phenoxy) is 3. The number of hydrogen-bond donors (Lipinski definition) is 1. The number of fused-ring (bicyclic) bond motifs is 1. The van der Waals surface area contributed by atoms with E-state index in [1.807, 2.05) is 37.3 Å². The first kappa shape index (κ1) is 26.4. The van der Waals surface area contributed by atoms with Crippen LogP contribution < -0.4 is 14.2 Å². The van der Waals surface area contributed by atoms with Gasteiger partial charge in [0.05, 0.1) is 24.1 Å². The Labute approximate surface area is 232 Å². The van der Waals surface area contributed by atoms with Crippen molar-refractivity contribution in [2.45, 2.75) is 32.7 Å². The van der Waals surface area contributed by atoms with Crippen LogP contribution in [0.25, 0.3) is 32.9 Å². The van der Waals surface area contributed by atoms with Crippen LogP contribution >= 0.6 is 0 Å². The Balaban J connectivity index is 1.39. The molecule has 0 atom stereocenters. The zero-order chi connectivity index (χ0) is 28.7. The summed E-state index contributed by atoms with van der Waals surface area (Å²) in [6.45, 7) is 2.51. The monoisotopic (exact) mass is 560 g/mol. The lowest BCUT2D eigenvalue weighted by Gasteiger charge is -2.21. The fourth-order valence-electron chi connectivity index (χ4n) is 5.24. The van der Waals surface area contributed by atoms with E-state index in [1.165, 1.54) is 24.3 Å². The van der Waals surface area contributed by atoms with Crippen LogP contribution in [0.4, 0.5) is 13.2 Å². The predicted octanol–water partition coefficient (Wildman–Crippen LogP) is 6.80. The molecule has 5 aromatic rings. The fourth-order valence-corrected chi connectivity index (χ4v) is 5.24. The van der Waals surface area contributed by atoms with Crippen molar-refractivity contribution >= 4 is 27.8 Å². The highest BCUT2D eigenvalue weighted by molar-refractivity contribution is 6.07. The van der Waals surface area contributed by atoms with E-state index in [1.54, 1.807) is 12.3 Å². The van der Waals surface area contributed by atoms with Crippen molar-refractivity contribution in [3.05, 3.63) is 89.1 Å². The van der Waals surface area contributed by atoms with Gasteiger partial charge < -0.3 is 19.3 Å². The van der Waals surface area contributed by atoms with Crippen LogP contribution in [0.3, 0.4) is 0 Å². The number of halogens is 3. The van der Waals surface area contributed by atoms with Gasteiger partial charge in [-0.1, -0.05) is 12.1 Å². The third kappa shape index (κ3) is 5.32. The molecule has 0 radical (unpaired) electrons. The number of carboxylic acid groups (broad SMARTS) is 1. The second-order valence-electron chi connectivity index (χ2n) is 9.72. The van der Waals surface area contributed by atoms with E-state index < -0.39 is 12.3 Å². The van der Waals surface area contributed by atoms with E-state index in [9.17, 15) is 23.1 Å². The van der Waals surface area contributed by atoms with Crippen molar-refractivity contribution in [2.75, 3.05) is 6.61 Å². The summed E-state index contributed by atoms with van der Waals surface area (Å²) in [6, 6.07) is 16.6. The number of pyridine rings is 2. The molecule has 7 nitrogen and oxygen atoms in total. The summed E-state index contributed by atoms with van der Waals surface area (Å²) in [5, 5.41) is 11.4. The number of aromatic nitrogens is 2. The molecule has 3 aromatic carbocycles. The number of aliphatic carboxylic acids is 1. The molecular formula is C31H23F3N2O5. The van der Waals surface area contributed by atoms with Crippen molar-refractivity contribution in [2.24, 2.45) is 0 Å². The largest absolute Gasteiger partial charge is 0.573 e. The molecule has 0 saturated heterocycles. The van der Waals surface area contributed by atoms with Crippen molar-refractivity contribution in [3.63, 3.8) is 0 Å². The summed E-state index contributed by atoms with van der Waals surface area (Å²) in [5.74, 6) is -0.202. The number of aryl methyl sites for hydroxylation is 1. The number of alkyl halides is 3. The predicted molar refractivity (Wildman–Crippen MR) is 145 cm³/mol. The van der Waals surface area contributed by atoms with Crippen molar-refractivity contribution in [3.8, 4) is 28.5 Å². The zero-order valence-electron chi connectivity index (χ0n) is 21.8. The number of hydrogen-bond acceptors (Lipinski definition) is 6. The molecule has 1 aliphatic rings. The molecule has 6 rings (SSSR count). The highest BCUT2D eigenvalue weighted by Gasteiger charge is 2.31. The lowest BCUT2D eigenvalue weighted by atomic mass is 9.88. The second kappa shape index (κ2) is 10.3. The third-order valence-electron chi connectivity index (χ3n) is 7.01. The Bertz CT molecular complexity index is 1790. The van der Waals surface area contributed by atoms with Gasteiger partial charge in [0.1, 0.15) is 18.1 Å². The average Bonchev–Trinajstić information content (AvgIpc) is 2.93. The molecule has 0 saturated carbocycles. The van der Waals surface area contributed by atoms with Crippen LogP contribution in [0, 0.1) is 6.92 Å². The molecule has 1 aliphatic heterocycles. The van der Waals surface area contributed by atoms with E-state index in [4.69, 9.17) is 9.47 Å². The Hall–Kier alpha value is -4.86. The number of carboxylic acids is 1. The SMILES string of the molecule is Cc1cc2nc(OCc3ccc(OC(F)(F)F)cc3)ccc2c(-c2ccc3c4c(ccnc24)CCO3)c1CC(=O)O. The molecule has 0 fully saturated rings. The van der Waals surface area contributed by atoms with Gasteiger partial charge in [-0.15, -0.1) is 13.2 Å². The smallest absolute Gasteiger partial charge is 0.493 e. The summed E-state index contributed by atoms with van der Waals surface area (Å²) in [4.78, 5) is 21.3. The van der Waals surface area contributed by atoms with Crippen molar-refractivity contribution in [1.29, 1.82) is 0 Å². The van der Waals surface area contributed by atoms with Gasteiger partial charge in [0.15, 0.2) is 0 Å². The highest BCUT2D eigenvalue weighted by atomic mass is 19.4. The van der Waals surface area contributed by atoms with E-state index in [-0.39, 0.29) is 18.8 Å². The standard InChI is InChI=1S/C31H23F3N2O5/c1-17-14-24-21(7-9-26(36-24)40-16-18-2-4-20(5-3-18)41-31(32,33)34)29(23(17)15-27(37)38)22-6-8-25-28-19(11-13-39-25)10-12-35-30(22)28/h2-10,12,14H,11,13,15-16H2,1H3,(H,37,38). The zero-order valence-corrected chi connectivity index (χ0v) is 21.8. The summed E-state index contributed by atoms with van der Waals surface area (Å²) >= 11 is 0. The minimum Gasteiger partial charge on any atom is -0.493 e. The molecule has 0 aliphatic carbocycles. The normalized spacial score (nSPS) is 12.8. The molecule has 0 unspecified atom stereocenters. The van der Waals surface area contributed by atoms with Gasteiger partial charge in [-0.3, -0.25) is 9.78 Å². The van der Waals surface area contributed by atoms with Gasteiger partial charge in [-0.2, -0.15) is 0 Å². The molecule has 0 amide bonds. The van der Waals surface area contributed by atoms with Crippen LogP contribution in [-0.2, 0) is 24.2 Å². The molecule has 3 heterocycles. The Morgan fingerprint density at radius 3 is 2.63 bits per heavy atom. The van der Waals surface area contributed by atoms with Gasteiger partial charge in [-0.05, 0) is 77.2 Å². The first-order valence-electron chi connectivity index (χ1n) is 12.8. The van der Waals surface area contributed by atoms with Crippen molar-refractivity contribution in [1.82, 2.24) is 9.97 Å². The number of rotatable bonds is 7. The average molecular weight is 561 g/mol. The molecule has 208 valence electrons. The lowest BCUT2D eigenvalue weighted by molar-refractivity contribution is -0.274. The molecule has 10 heteroatoms. The molecule has 2 aromatic heterocycles. The van der Waals surface area contributed by atoms with Gasteiger partial charge in [0, 0.05) is 35.0 Å². The van der Waals surface area contributed by atoms with Crippen LogP contribution in [0.5, 0.6) is 17.4 Å². The third-order valence-corrected chi connectivity index (χ3v) is 7.01. The topological polar surface area (TPSA) is 90.8 Å². The lowest BCUT2D eigenvalue weighted by Crippen LogP contribution is -2.17. The van der Waals surface area contributed by atoms with Gasteiger partial charge in [-0.25, -0.2) is 4.98 Å². The summed E-state index contributed by atoms with van der Waals surface area (Å²) < 4.78 is 52.9. The van der Waals surface area contributed by atoms with Gasteiger partial charge >= 0.3 is 12.3 Å². The quantitative estimate of drug-likeness (QED) is 0.234. The minimum atomic E-state index is -4.76. The van der Waals surface area contributed by atoms with Crippen LogP contribution in [-0.4, -0.2) is 34.0 Å². The maximum atomic E-state index is 12.4. The summed E-state index contributed by atoms with van der Waals surface area (Å²) in [5.41, 5.74) is 6.05. The van der Waals surface area contributed by atoms with E-state index in [0.29, 0.717) is 29.1 Å². The highest BCUT2D eigenvalue weighted by Crippen LogP contribution is 2.42. The molecule has 0 bridgehead atoms. The molecular weight excluding hydrogens is 537 g/mol. The summed E-state index contributed by atoms with van der Waals surface area (Å²) in [7, 11) is 0. The fraction of sp³-hybridized carbons (Fsp3) is 0.194. The van der Waals surface area contributed by atoms with E-state index in [2.05, 4.69) is 14.7 Å². The Morgan fingerprint density at radius 1 is 1.07 bits per heavy atom. The maximum Gasteiger partial charge on any atom is 0.573 e. The Morgan fingerprint density at radius 2 is 1.88 bits per heavy atom. The maximum absolute atomic E-state index is 12.4. The van der Waals surface area contributed by atoms with Gasteiger partial charge in [0.25, 0.3) is 0 Å². The first-order valence-corrected chi connectivity index (χ1v) is 12.8. The van der Waals surface area contributed by atoms with Crippen LogP contribution in [0.1, 0.15) is 22.3 Å². The number of benzene rings is 3. The van der Waals surface area contributed by atoms with E-state index >= 15 is 0 Å². The first-order chi connectivity index (χ1) is 19.7. The molecule has 1 N–H and O–H groups in total. The second-order valence-corrected chi connectivity index (χ2v) is 9.72. The Kier molecular flexibility index (Phi) is 6.61. The van der Waals surface area contributed by atoms with Crippen LogP contribution in [0.2, 0.25) is 0 Å². The minimum absolute atomic E-state index is 0.0759. The molecule has 0 spiro atoms. The number of carbonyl (C=O) groups is 1.